The Morgan fingerprint density at radius 3 is 2.12 bits per heavy atom. The van der Waals surface area contributed by atoms with Gasteiger partial charge in [0.15, 0.2) is 0 Å². The normalized spacial score (nSPS) is 11.4. The molecule has 0 aliphatic heterocycles. The molecule has 8 heteroatoms. The van der Waals surface area contributed by atoms with Gasteiger partial charge in [0.05, 0.1) is 0 Å². The summed E-state index contributed by atoms with van der Waals surface area (Å²) in [6, 6.07) is 19.6. The maximum Gasteiger partial charge on any atom is 0.347 e. The molecule has 3 aromatic rings. The van der Waals surface area contributed by atoms with Gasteiger partial charge in [0.2, 0.25) is 0 Å². The second-order valence-corrected chi connectivity index (χ2v) is 7.06. The summed E-state index contributed by atoms with van der Waals surface area (Å²) < 4.78 is 15.7. The molecule has 0 aliphatic carbocycles. The molecule has 0 radical (unpaired) electrons. The van der Waals surface area contributed by atoms with Crippen LogP contribution in [-0.2, 0) is 20.9 Å². The third-order valence-electron chi connectivity index (χ3n) is 4.54. The van der Waals surface area contributed by atoms with Crippen LogP contribution in [0.15, 0.2) is 72.8 Å². The highest BCUT2D eigenvalue weighted by Crippen LogP contribution is 2.31. The van der Waals surface area contributed by atoms with Crippen molar-refractivity contribution < 1.29 is 38.7 Å². The summed E-state index contributed by atoms with van der Waals surface area (Å²) in [5.41, 5.74) is 1.27. The number of esters is 3. The Morgan fingerprint density at radius 1 is 0.788 bits per heavy atom. The summed E-state index contributed by atoms with van der Waals surface area (Å²) in [4.78, 5) is 40.0. The molecule has 8 nitrogen and oxygen atoms in total. The summed E-state index contributed by atoms with van der Waals surface area (Å²) in [5, 5.41) is 9.50. The van der Waals surface area contributed by atoms with Crippen LogP contribution in [0, 0.1) is 0 Å². The molecule has 1 unspecified atom stereocenters. The minimum Gasteiger partial charge on any atom is -0.426 e. The van der Waals surface area contributed by atoms with Crippen molar-refractivity contribution in [2.45, 2.75) is 26.4 Å². The summed E-state index contributed by atoms with van der Waals surface area (Å²) in [7, 11) is 0. The van der Waals surface area contributed by atoms with Gasteiger partial charge in [0, 0.05) is 25.8 Å². The van der Waals surface area contributed by atoms with E-state index in [1.165, 1.54) is 26.0 Å². The Balaban J connectivity index is 1.78. The van der Waals surface area contributed by atoms with Crippen LogP contribution in [0.3, 0.4) is 0 Å². The van der Waals surface area contributed by atoms with Crippen LogP contribution in [0.5, 0.6) is 17.2 Å². The lowest BCUT2D eigenvalue weighted by Gasteiger charge is -2.17. The van der Waals surface area contributed by atoms with E-state index in [0.29, 0.717) is 11.1 Å². The fraction of sp³-hybridized carbons (Fsp3) is 0.160. The number of para-hydroxylation sites is 2. The molecule has 0 saturated carbocycles. The Hall–Kier alpha value is -4.01. The summed E-state index contributed by atoms with van der Waals surface area (Å²) in [5.74, 6) is -1.13. The second-order valence-electron chi connectivity index (χ2n) is 7.06. The number of hydrogen-bond acceptors (Lipinski definition) is 8. The van der Waals surface area contributed by atoms with E-state index in [0.717, 1.165) is 0 Å². The second kappa shape index (κ2) is 11.0. The average molecular weight is 450 g/mol. The van der Waals surface area contributed by atoms with Gasteiger partial charge in [-0.25, -0.2) is 9.68 Å². The molecule has 0 aliphatic rings. The molecule has 0 amide bonds. The van der Waals surface area contributed by atoms with Crippen LogP contribution in [0.4, 0.5) is 0 Å². The van der Waals surface area contributed by atoms with E-state index in [-0.39, 0.29) is 29.2 Å². The van der Waals surface area contributed by atoms with Gasteiger partial charge in [-0.1, -0.05) is 42.5 Å². The molecule has 170 valence electrons. The topological polar surface area (TPSA) is 108 Å². The van der Waals surface area contributed by atoms with Crippen molar-refractivity contribution in [2.24, 2.45) is 0 Å². The first-order valence-corrected chi connectivity index (χ1v) is 10.0. The van der Waals surface area contributed by atoms with Crippen LogP contribution >= 0.6 is 0 Å². The van der Waals surface area contributed by atoms with Crippen molar-refractivity contribution >= 4 is 17.9 Å². The smallest absolute Gasteiger partial charge is 0.347 e. The zero-order valence-corrected chi connectivity index (χ0v) is 18.0. The SMILES string of the molecule is CC(=O)Oc1ccccc1C(=O)Oc1cccc(CC(OO)c2ccccc2OC(C)=O)c1. The zero-order valence-electron chi connectivity index (χ0n) is 18.0. The molecular formula is C25H22O8. The van der Waals surface area contributed by atoms with E-state index in [9.17, 15) is 19.6 Å². The lowest BCUT2D eigenvalue weighted by molar-refractivity contribution is -0.281. The summed E-state index contributed by atoms with van der Waals surface area (Å²) >= 11 is 0. The molecule has 33 heavy (non-hydrogen) atoms. The van der Waals surface area contributed by atoms with Crippen molar-refractivity contribution in [3.63, 3.8) is 0 Å². The monoisotopic (exact) mass is 450 g/mol. The zero-order chi connectivity index (χ0) is 23.8. The average Bonchev–Trinajstić information content (AvgIpc) is 2.78. The first kappa shape index (κ1) is 23.6. The highest BCUT2D eigenvalue weighted by molar-refractivity contribution is 5.94. The molecule has 0 heterocycles. The summed E-state index contributed by atoms with van der Waals surface area (Å²) in [6.07, 6.45) is -0.638. The van der Waals surface area contributed by atoms with Gasteiger partial charge in [-0.3, -0.25) is 14.8 Å². The Morgan fingerprint density at radius 2 is 1.42 bits per heavy atom. The van der Waals surface area contributed by atoms with Gasteiger partial charge in [0.1, 0.15) is 28.9 Å². The van der Waals surface area contributed by atoms with Crippen LogP contribution in [0.2, 0.25) is 0 Å². The van der Waals surface area contributed by atoms with Crippen molar-refractivity contribution in [3.05, 3.63) is 89.5 Å². The number of benzene rings is 3. The lowest BCUT2D eigenvalue weighted by atomic mass is 10.0. The minimum absolute atomic E-state index is 0.0991. The van der Waals surface area contributed by atoms with Crippen molar-refractivity contribution in [1.29, 1.82) is 0 Å². The van der Waals surface area contributed by atoms with Gasteiger partial charge >= 0.3 is 17.9 Å². The number of rotatable bonds is 8. The largest absolute Gasteiger partial charge is 0.426 e. The molecule has 1 atom stereocenters. The third kappa shape index (κ3) is 6.49. The van der Waals surface area contributed by atoms with E-state index >= 15 is 0 Å². The minimum atomic E-state index is -0.837. The maximum atomic E-state index is 12.6. The fourth-order valence-electron chi connectivity index (χ4n) is 3.19. The number of ether oxygens (including phenoxy) is 3. The van der Waals surface area contributed by atoms with E-state index in [2.05, 4.69) is 4.89 Å². The molecule has 0 saturated heterocycles. The number of carbonyl (C=O) groups is 3. The van der Waals surface area contributed by atoms with Gasteiger partial charge in [-0.15, -0.1) is 0 Å². The Kier molecular flexibility index (Phi) is 7.91. The van der Waals surface area contributed by atoms with E-state index < -0.39 is 24.0 Å². The predicted molar refractivity (Wildman–Crippen MR) is 117 cm³/mol. The summed E-state index contributed by atoms with van der Waals surface area (Å²) in [6.45, 7) is 2.52. The van der Waals surface area contributed by atoms with Gasteiger partial charge in [-0.05, 0) is 35.9 Å². The van der Waals surface area contributed by atoms with E-state index in [1.54, 1.807) is 60.7 Å². The Labute approximate surface area is 190 Å². The molecule has 1 N–H and O–H groups in total. The van der Waals surface area contributed by atoms with E-state index in [4.69, 9.17) is 14.2 Å². The molecule has 0 bridgehead atoms. The van der Waals surface area contributed by atoms with E-state index in [1.807, 2.05) is 0 Å². The van der Waals surface area contributed by atoms with Gasteiger partial charge in [-0.2, -0.15) is 0 Å². The van der Waals surface area contributed by atoms with Crippen LogP contribution in [0.25, 0.3) is 0 Å². The quantitative estimate of drug-likeness (QED) is 0.231. The number of carbonyl (C=O) groups excluding carboxylic acids is 3. The van der Waals surface area contributed by atoms with Gasteiger partial charge in [0.25, 0.3) is 0 Å². The third-order valence-corrected chi connectivity index (χ3v) is 4.54. The van der Waals surface area contributed by atoms with Gasteiger partial charge < -0.3 is 14.2 Å². The van der Waals surface area contributed by atoms with Crippen LogP contribution < -0.4 is 14.2 Å². The molecule has 0 spiro atoms. The predicted octanol–water partition coefficient (Wildman–Crippen LogP) is 4.53. The maximum absolute atomic E-state index is 12.6. The standard InChI is InChI=1S/C25H22O8/c1-16(26)30-22-12-5-3-10-20(22)24(33-29)15-18-8-7-9-19(14-18)32-25(28)21-11-4-6-13-23(21)31-17(2)27/h3-14,24,29H,15H2,1-2H3. The van der Waals surface area contributed by atoms with Crippen molar-refractivity contribution in [2.75, 3.05) is 0 Å². The van der Waals surface area contributed by atoms with Crippen LogP contribution in [-0.4, -0.2) is 23.2 Å². The molecular weight excluding hydrogens is 428 g/mol. The van der Waals surface area contributed by atoms with Crippen molar-refractivity contribution in [3.8, 4) is 17.2 Å². The van der Waals surface area contributed by atoms with Crippen molar-refractivity contribution in [1.82, 2.24) is 0 Å². The fourth-order valence-corrected chi connectivity index (χ4v) is 3.19. The first-order valence-electron chi connectivity index (χ1n) is 10.0. The Bertz CT molecular complexity index is 1150. The lowest BCUT2D eigenvalue weighted by Crippen LogP contribution is -2.13. The first-order chi connectivity index (χ1) is 15.9. The highest BCUT2D eigenvalue weighted by Gasteiger charge is 2.20. The van der Waals surface area contributed by atoms with Crippen LogP contribution in [0.1, 0.15) is 41.4 Å². The number of hydrogen-bond donors (Lipinski definition) is 1. The molecule has 0 fully saturated rings. The molecule has 3 rings (SSSR count). The molecule has 0 aromatic heterocycles. The molecule has 3 aromatic carbocycles. The highest BCUT2D eigenvalue weighted by atomic mass is 17.1.